The maximum Gasteiger partial charge on any atom is 0.119 e. The molecule has 0 aliphatic rings. The van der Waals surface area contributed by atoms with Gasteiger partial charge in [0.1, 0.15) is 18.5 Å². The van der Waals surface area contributed by atoms with E-state index in [1.807, 2.05) is 31.4 Å². The minimum atomic E-state index is -0.586. The van der Waals surface area contributed by atoms with Gasteiger partial charge in [-0.15, -0.1) is 0 Å². The minimum absolute atomic E-state index is 0.212. The number of hydrogen-bond donors (Lipinski definition) is 1. The third-order valence-electron chi connectivity index (χ3n) is 3.16. The first kappa shape index (κ1) is 16.0. The molecule has 1 aromatic carbocycles. The Bertz CT molecular complexity index is 630. The van der Waals surface area contributed by atoms with Gasteiger partial charge in [-0.2, -0.15) is 10.4 Å². The molecule has 0 amide bonds. The summed E-state index contributed by atoms with van der Waals surface area (Å²) >= 11 is 0. The Morgan fingerprint density at radius 3 is 2.73 bits per heavy atom. The molecule has 0 fully saturated rings. The van der Waals surface area contributed by atoms with Gasteiger partial charge in [0.05, 0.1) is 17.8 Å². The van der Waals surface area contributed by atoms with Crippen LogP contribution in [-0.4, -0.2) is 46.1 Å². The van der Waals surface area contributed by atoms with Crippen molar-refractivity contribution in [2.75, 3.05) is 20.2 Å². The van der Waals surface area contributed by atoms with Crippen LogP contribution < -0.4 is 4.74 Å². The summed E-state index contributed by atoms with van der Waals surface area (Å²) in [5.41, 5.74) is 1.69. The number of rotatable bonds is 7. The van der Waals surface area contributed by atoms with Crippen LogP contribution in [0.1, 0.15) is 11.1 Å². The van der Waals surface area contributed by atoms with Crippen molar-refractivity contribution in [1.29, 1.82) is 5.26 Å². The van der Waals surface area contributed by atoms with Gasteiger partial charge >= 0.3 is 0 Å². The van der Waals surface area contributed by atoms with E-state index in [0.29, 0.717) is 17.9 Å². The van der Waals surface area contributed by atoms with Crippen LogP contribution in [0.2, 0.25) is 0 Å². The maximum absolute atomic E-state index is 10.0. The zero-order valence-electron chi connectivity index (χ0n) is 12.8. The van der Waals surface area contributed by atoms with E-state index in [4.69, 9.17) is 10.00 Å². The second-order valence-corrected chi connectivity index (χ2v) is 5.32. The summed E-state index contributed by atoms with van der Waals surface area (Å²) in [6.45, 7) is 1.44. The van der Waals surface area contributed by atoms with Crippen molar-refractivity contribution in [3.05, 3.63) is 47.8 Å². The normalized spacial score (nSPS) is 12.1. The first-order chi connectivity index (χ1) is 10.6. The Labute approximate surface area is 130 Å². The van der Waals surface area contributed by atoms with Crippen molar-refractivity contribution >= 4 is 0 Å². The molecule has 0 spiro atoms. The number of nitriles is 1. The Balaban J connectivity index is 1.74. The van der Waals surface area contributed by atoms with Gasteiger partial charge in [-0.05, 0) is 31.3 Å². The topological polar surface area (TPSA) is 74.3 Å². The van der Waals surface area contributed by atoms with Gasteiger partial charge in [-0.25, -0.2) is 0 Å². The van der Waals surface area contributed by atoms with Crippen LogP contribution in [0, 0.1) is 11.3 Å². The number of hydrogen-bond acceptors (Lipinski definition) is 5. The number of ether oxygens (including phenoxy) is 1. The quantitative estimate of drug-likeness (QED) is 0.830. The third-order valence-corrected chi connectivity index (χ3v) is 3.16. The van der Waals surface area contributed by atoms with Crippen LogP contribution in [0.4, 0.5) is 0 Å². The van der Waals surface area contributed by atoms with Crippen LogP contribution in [0.5, 0.6) is 5.75 Å². The number of aromatic nitrogens is 2. The second-order valence-electron chi connectivity index (χ2n) is 5.32. The van der Waals surface area contributed by atoms with Gasteiger partial charge in [-0.3, -0.25) is 9.58 Å². The highest BCUT2D eigenvalue weighted by Gasteiger charge is 2.10. The molecule has 116 valence electrons. The van der Waals surface area contributed by atoms with Gasteiger partial charge < -0.3 is 9.84 Å². The van der Waals surface area contributed by atoms with Gasteiger partial charge in [0.25, 0.3) is 0 Å². The predicted molar refractivity (Wildman–Crippen MR) is 82.2 cm³/mol. The summed E-state index contributed by atoms with van der Waals surface area (Å²) in [7, 11) is 3.82. The summed E-state index contributed by atoms with van der Waals surface area (Å²) in [5.74, 6) is 0.646. The molecular formula is C16H20N4O2. The van der Waals surface area contributed by atoms with Crippen molar-refractivity contribution in [3.8, 4) is 11.8 Å². The van der Waals surface area contributed by atoms with E-state index in [1.54, 1.807) is 28.9 Å². The molecule has 2 aromatic rings. The minimum Gasteiger partial charge on any atom is -0.491 e. The van der Waals surface area contributed by atoms with Crippen molar-refractivity contribution in [3.63, 3.8) is 0 Å². The molecule has 0 saturated carbocycles. The highest BCUT2D eigenvalue weighted by molar-refractivity contribution is 5.34. The molecule has 1 unspecified atom stereocenters. The van der Waals surface area contributed by atoms with E-state index in [9.17, 15) is 5.11 Å². The number of aliphatic hydroxyl groups excluding tert-OH is 1. The van der Waals surface area contributed by atoms with Crippen molar-refractivity contribution in [1.82, 2.24) is 14.7 Å². The molecule has 0 bridgehead atoms. The van der Waals surface area contributed by atoms with Gasteiger partial charge in [0, 0.05) is 31.9 Å². The average molecular weight is 300 g/mol. The lowest BCUT2D eigenvalue weighted by Crippen LogP contribution is -2.32. The van der Waals surface area contributed by atoms with Crippen molar-refractivity contribution < 1.29 is 9.84 Å². The monoisotopic (exact) mass is 300 g/mol. The van der Waals surface area contributed by atoms with Crippen molar-refractivity contribution in [2.24, 2.45) is 7.05 Å². The summed E-state index contributed by atoms with van der Waals surface area (Å²) in [6.07, 6.45) is 3.18. The SMILES string of the molecule is CN(Cc1cnn(C)c1)CC(O)COc1ccc(C#N)cc1. The van der Waals surface area contributed by atoms with E-state index in [1.165, 1.54) is 0 Å². The Morgan fingerprint density at radius 2 is 2.14 bits per heavy atom. The number of likely N-dealkylation sites (N-methyl/N-ethyl adjacent to an activating group) is 1. The number of aryl methyl sites for hydroxylation is 1. The Hall–Kier alpha value is -2.36. The fraction of sp³-hybridized carbons (Fsp3) is 0.375. The van der Waals surface area contributed by atoms with E-state index in [0.717, 1.165) is 12.1 Å². The van der Waals surface area contributed by atoms with Crippen molar-refractivity contribution in [2.45, 2.75) is 12.6 Å². The van der Waals surface area contributed by atoms with Crippen LogP contribution in [0.15, 0.2) is 36.7 Å². The third kappa shape index (κ3) is 4.88. The first-order valence-corrected chi connectivity index (χ1v) is 7.04. The predicted octanol–water partition coefficient (Wildman–Crippen LogP) is 1.16. The Kier molecular flexibility index (Phi) is 5.53. The number of nitrogens with zero attached hydrogens (tertiary/aromatic N) is 4. The summed E-state index contributed by atoms with van der Waals surface area (Å²) in [5, 5.41) is 22.9. The van der Waals surface area contributed by atoms with E-state index in [-0.39, 0.29) is 6.61 Å². The fourth-order valence-electron chi connectivity index (χ4n) is 2.16. The van der Waals surface area contributed by atoms with Crippen LogP contribution >= 0.6 is 0 Å². The molecule has 2 rings (SSSR count). The fourth-order valence-corrected chi connectivity index (χ4v) is 2.16. The molecule has 0 aliphatic heterocycles. The largest absolute Gasteiger partial charge is 0.491 e. The molecular weight excluding hydrogens is 280 g/mol. The van der Waals surface area contributed by atoms with E-state index < -0.39 is 6.10 Å². The van der Waals surface area contributed by atoms with Crippen LogP contribution in [-0.2, 0) is 13.6 Å². The lowest BCUT2D eigenvalue weighted by Gasteiger charge is -2.20. The number of benzene rings is 1. The van der Waals surface area contributed by atoms with Crippen LogP contribution in [0.25, 0.3) is 0 Å². The average Bonchev–Trinajstić information content (AvgIpc) is 2.90. The van der Waals surface area contributed by atoms with E-state index in [2.05, 4.69) is 11.2 Å². The zero-order valence-corrected chi connectivity index (χ0v) is 12.8. The molecule has 6 nitrogen and oxygen atoms in total. The lowest BCUT2D eigenvalue weighted by atomic mass is 10.2. The molecule has 6 heteroatoms. The Morgan fingerprint density at radius 1 is 1.41 bits per heavy atom. The molecule has 1 atom stereocenters. The van der Waals surface area contributed by atoms with E-state index >= 15 is 0 Å². The highest BCUT2D eigenvalue weighted by atomic mass is 16.5. The highest BCUT2D eigenvalue weighted by Crippen LogP contribution is 2.12. The molecule has 22 heavy (non-hydrogen) atoms. The van der Waals surface area contributed by atoms with Gasteiger partial charge in [-0.1, -0.05) is 0 Å². The zero-order chi connectivity index (χ0) is 15.9. The maximum atomic E-state index is 10.0. The molecule has 0 aliphatic carbocycles. The number of aliphatic hydroxyl groups is 1. The van der Waals surface area contributed by atoms with Gasteiger partial charge in [0.2, 0.25) is 0 Å². The molecule has 0 radical (unpaired) electrons. The summed E-state index contributed by atoms with van der Waals surface area (Å²) in [4.78, 5) is 2.02. The van der Waals surface area contributed by atoms with Gasteiger partial charge in [0.15, 0.2) is 0 Å². The standard InChI is InChI=1S/C16H20N4O2/c1-19(9-14-8-18-20(2)10-14)11-15(21)12-22-16-5-3-13(7-17)4-6-16/h3-6,8,10,15,21H,9,11-12H2,1-2H3. The molecule has 0 saturated heterocycles. The molecule has 1 aromatic heterocycles. The smallest absolute Gasteiger partial charge is 0.119 e. The first-order valence-electron chi connectivity index (χ1n) is 7.04. The second kappa shape index (κ2) is 7.59. The summed E-state index contributed by atoms with van der Waals surface area (Å²) < 4.78 is 7.28. The van der Waals surface area contributed by atoms with Crippen LogP contribution in [0.3, 0.4) is 0 Å². The molecule has 1 N–H and O–H groups in total. The summed E-state index contributed by atoms with van der Waals surface area (Å²) in [6, 6.07) is 8.89. The lowest BCUT2D eigenvalue weighted by molar-refractivity contribution is 0.0744. The molecule has 1 heterocycles.